The van der Waals surface area contributed by atoms with Crippen LogP contribution in [0.15, 0.2) is 176 Å². The van der Waals surface area contributed by atoms with Gasteiger partial charge in [-0.3, -0.25) is 4.57 Å². The molecular weight excluding hydrogens is 635 g/mol. The molecule has 3 aromatic heterocycles. The molecule has 0 atom stereocenters. The second-order valence-corrected chi connectivity index (χ2v) is 13.2. The highest BCUT2D eigenvalue weighted by Gasteiger charge is 2.26. The third-order valence-corrected chi connectivity index (χ3v) is 10.3. The lowest BCUT2D eigenvalue weighted by atomic mass is 9.95. The number of nitrogens with zero attached hydrogens (tertiary/aromatic N) is 5. The summed E-state index contributed by atoms with van der Waals surface area (Å²) in [4.78, 5) is 15.6. The summed E-state index contributed by atoms with van der Waals surface area (Å²) in [6.07, 6.45) is 0. The first-order valence-electron chi connectivity index (χ1n) is 17.6. The van der Waals surface area contributed by atoms with Gasteiger partial charge in [0, 0.05) is 43.7 Å². The summed E-state index contributed by atoms with van der Waals surface area (Å²) in [7, 11) is 0. The number of para-hydroxylation sites is 3. The van der Waals surface area contributed by atoms with Crippen LogP contribution < -0.4 is 0 Å². The van der Waals surface area contributed by atoms with E-state index >= 15 is 0 Å². The minimum Gasteiger partial charge on any atom is -0.309 e. The summed E-state index contributed by atoms with van der Waals surface area (Å²) in [5.41, 5.74) is 7.42. The van der Waals surface area contributed by atoms with Crippen LogP contribution in [0.25, 0.3) is 99.6 Å². The van der Waals surface area contributed by atoms with Crippen molar-refractivity contribution in [1.82, 2.24) is 24.1 Å². The topological polar surface area (TPSA) is 48.5 Å². The summed E-state index contributed by atoms with van der Waals surface area (Å²) in [5.74, 6) is 1.84. The van der Waals surface area contributed by atoms with Gasteiger partial charge in [0.2, 0.25) is 5.95 Å². The molecule has 52 heavy (non-hydrogen) atoms. The normalized spacial score (nSPS) is 11.8. The van der Waals surface area contributed by atoms with Crippen LogP contribution in [0.3, 0.4) is 0 Å². The first-order valence-corrected chi connectivity index (χ1v) is 17.6. The van der Waals surface area contributed by atoms with E-state index in [4.69, 9.17) is 15.0 Å². The number of benzene rings is 8. The second kappa shape index (κ2) is 11.2. The summed E-state index contributed by atoms with van der Waals surface area (Å²) in [6.45, 7) is 0. The Hall–Kier alpha value is -7.11. The Labute approximate surface area is 298 Å². The van der Waals surface area contributed by atoms with Crippen LogP contribution in [0, 0.1) is 0 Å². The highest BCUT2D eigenvalue weighted by molar-refractivity contribution is 6.39. The zero-order valence-electron chi connectivity index (χ0n) is 28.0. The van der Waals surface area contributed by atoms with E-state index in [9.17, 15) is 0 Å². The molecule has 0 saturated heterocycles. The van der Waals surface area contributed by atoms with Crippen molar-refractivity contribution in [1.29, 1.82) is 0 Å². The maximum absolute atomic E-state index is 5.29. The van der Waals surface area contributed by atoms with Gasteiger partial charge in [-0.25, -0.2) is 4.98 Å². The van der Waals surface area contributed by atoms with E-state index in [1.807, 2.05) is 36.4 Å². The zero-order chi connectivity index (χ0) is 34.2. The summed E-state index contributed by atoms with van der Waals surface area (Å²) < 4.78 is 4.73. The Morgan fingerprint density at radius 3 is 1.46 bits per heavy atom. The third kappa shape index (κ3) is 4.14. The number of aromatic nitrogens is 5. The van der Waals surface area contributed by atoms with Crippen LogP contribution in [0.4, 0.5) is 0 Å². The van der Waals surface area contributed by atoms with Crippen molar-refractivity contribution in [2.45, 2.75) is 0 Å². The molecule has 11 rings (SSSR count). The van der Waals surface area contributed by atoms with Crippen molar-refractivity contribution in [2.24, 2.45) is 0 Å². The summed E-state index contributed by atoms with van der Waals surface area (Å²) >= 11 is 0. The Bertz CT molecular complexity index is 3100. The van der Waals surface area contributed by atoms with Crippen molar-refractivity contribution < 1.29 is 0 Å². The maximum atomic E-state index is 5.29. The van der Waals surface area contributed by atoms with Gasteiger partial charge >= 0.3 is 0 Å². The van der Waals surface area contributed by atoms with Crippen LogP contribution >= 0.6 is 0 Å². The SMILES string of the molecule is c1ccc(-c2nc(-c3ccccc3)nc(-n3c4ccccc4c4c5ccc6ccccc6c5c5c(c6ccccc6n5-c5ccccc5)c43)n2)cc1. The molecule has 0 radical (unpaired) electrons. The van der Waals surface area contributed by atoms with Crippen molar-refractivity contribution in [3.63, 3.8) is 0 Å². The Kier molecular flexibility index (Phi) is 6.18. The van der Waals surface area contributed by atoms with Gasteiger partial charge in [-0.15, -0.1) is 0 Å². The molecule has 0 spiro atoms. The minimum absolute atomic E-state index is 0.580. The summed E-state index contributed by atoms with van der Waals surface area (Å²) in [5, 5.41) is 9.53. The first-order chi connectivity index (χ1) is 25.8. The van der Waals surface area contributed by atoms with Gasteiger partial charge < -0.3 is 4.57 Å². The average molecular weight is 664 g/mol. The van der Waals surface area contributed by atoms with Crippen LogP contribution in [0.5, 0.6) is 0 Å². The smallest absolute Gasteiger partial charge is 0.238 e. The first kappa shape index (κ1) is 28.7. The van der Waals surface area contributed by atoms with Gasteiger partial charge in [0.15, 0.2) is 11.6 Å². The van der Waals surface area contributed by atoms with E-state index in [0.717, 1.165) is 49.7 Å². The Morgan fingerprint density at radius 1 is 0.327 bits per heavy atom. The van der Waals surface area contributed by atoms with E-state index in [1.165, 1.54) is 32.3 Å². The lowest BCUT2D eigenvalue weighted by Crippen LogP contribution is -2.06. The largest absolute Gasteiger partial charge is 0.309 e. The number of hydrogen-bond acceptors (Lipinski definition) is 3. The Morgan fingerprint density at radius 2 is 0.808 bits per heavy atom. The molecule has 0 unspecified atom stereocenters. The van der Waals surface area contributed by atoms with Gasteiger partial charge in [0.1, 0.15) is 0 Å². The molecule has 0 saturated carbocycles. The van der Waals surface area contributed by atoms with Gasteiger partial charge in [0.05, 0.1) is 22.1 Å². The highest BCUT2D eigenvalue weighted by Crippen LogP contribution is 2.48. The van der Waals surface area contributed by atoms with Crippen LogP contribution in [0.2, 0.25) is 0 Å². The van der Waals surface area contributed by atoms with Gasteiger partial charge in [0.25, 0.3) is 0 Å². The van der Waals surface area contributed by atoms with Crippen molar-refractivity contribution in [3.8, 4) is 34.4 Å². The summed E-state index contributed by atoms with van der Waals surface area (Å²) in [6, 6.07) is 61.9. The fraction of sp³-hybridized carbons (Fsp3) is 0. The molecule has 5 heteroatoms. The highest BCUT2D eigenvalue weighted by atomic mass is 15.2. The molecule has 3 heterocycles. The quantitative estimate of drug-likeness (QED) is 0.176. The second-order valence-electron chi connectivity index (χ2n) is 13.2. The molecule has 0 fully saturated rings. The lowest BCUT2D eigenvalue weighted by Gasteiger charge is -2.15. The van der Waals surface area contributed by atoms with E-state index in [1.54, 1.807) is 0 Å². The minimum atomic E-state index is 0.580. The maximum Gasteiger partial charge on any atom is 0.238 e. The lowest BCUT2D eigenvalue weighted by molar-refractivity contribution is 0.955. The molecule has 8 aromatic carbocycles. The predicted molar refractivity (Wildman–Crippen MR) is 214 cm³/mol. The predicted octanol–water partition coefficient (Wildman–Crippen LogP) is 11.7. The van der Waals surface area contributed by atoms with Crippen molar-refractivity contribution in [2.75, 3.05) is 0 Å². The molecule has 0 aliphatic heterocycles. The molecule has 0 aliphatic carbocycles. The van der Waals surface area contributed by atoms with E-state index in [-0.39, 0.29) is 0 Å². The van der Waals surface area contributed by atoms with Gasteiger partial charge in [-0.2, -0.15) is 9.97 Å². The van der Waals surface area contributed by atoms with Crippen molar-refractivity contribution in [3.05, 3.63) is 176 Å². The molecule has 0 aliphatic rings. The van der Waals surface area contributed by atoms with E-state index < -0.39 is 0 Å². The number of hydrogen-bond donors (Lipinski definition) is 0. The fourth-order valence-electron chi connectivity index (χ4n) is 8.15. The zero-order valence-corrected chi connectivity index (χ0v) is 28.0. The molecular formula is C47H29N5. The van der Waals surface area contributed by atoms with Gasteiger partial charge in [-0.05, 0) is 40.4 Å². The van der Waals surface area contributed by atoms with Crippen LogP contribution in [-0.2, 0) is 0 Å². The van der Waals surface area contributed by atoms with Crippen molar-refractivity contribution >= 4 is 65.2 Å². The molecule has 11 aromatic rings. The standard InChI is InChI=1S/C47H29N5/c1-4-17-31(18-5-1)45-48-46(32-19-6-2-7-20-32)50-47(49-45)52-39-27-15-12-24-35(39)41-37-29-28-30-16-10-11-23-34(30)40(37)43-42(44(41)52)36-25-13-14-26-38(36)51(43)33-21-8-3-9-22-33/h1-29H. The monoisotopic (exact) mass is 663 g/mol. The number of fused-ring (bicyclic) bond motifs is 12. The van der Waals surface area contributed by atoms with E-state index in [2.05, 4.69) is 149 Å². The molecule has 0 bridgehead atoms. The van der Waals surface area contributed by atoms with Crippen LogP contribution in [-0.4, -0.2) is 24.1 Å². The average Bonchev–Trinajstić information content (AvgIpc) is 3.75. The molecule has 0 amide bonds. The van der Waals surface area contributed by atoms with Gasteiger partial charge in [-0.1, -0.05) is 152 Å². The van der Waals surface area contributed by atoms with E-state index in [0.29, 0.717) is 17.6 Å². The Balaban J connectivity index is 1.41. The molecule has 0 N–H and O–H groups in total. The van der Waals surface area contributed by atoms with Crippen LogP contribution in [0.1, 0.15) is 0 Å². The fourth-order valence-corrected chi connectivity index (χ4v) is 8.15. The third-order valence-electron chi connectivity index (χ3n) is 10.3. The number of rotatable bonds is 4. The molecule has 242 valence electrons. The molecule has 5 nitrogen and oxygen atoms in total.